The fourth-order valence-corrected chi connectivity index (χ4v) is 3.37. The number of carbonyl (C=O) groups is 2. The Labute approximate surface area is 182 Å². The molecule has 8 nitrogen and oxygen atoms in total. The second kappa shape index (κ2) is 10.7. The number of nitrogens with zero attached hydrogens (tertiary/aromatic N) is 1. The Hall–Kier alpha value is -3.26. The van der Waals surface area contributed by atoms with Crippen LogP contribution in [0.1, 0.15) is 34.6 Å². The van der Waals surface area contributed by atoms with Crippen molar-refractivity contribution >= 4 is 23.3 Å². The van der Waals surface area contributed by atoms with Crippen molar-refractivity contribution in [2.24, 2.45) is 0 Å². The minimum Gasteiger partial charge on any atom is -0.494 e. The number of carbonyl (C=O) groups excluding carboxylic acids is 2. The van der Waals surface area contributed by atoms with E-state index in [1.54, 1.807) is 30.3 Å². The second-order valence-corrected chi connectivity index (χ2v) is 6.84. The van der Waals surface area contributed by atoms with E-state index in [2.05, 4.69) is 10.2 Å². The fraction of sp³-hybridized carbons (Fsp3) is 0.391. The Balaban J connectivity index is 1.86. The average Bonchev–Trinajstić information content (AvgIpc) is 2.79. The van der Waals surface area contributed by atoms with Gasteiger partial charge in [-0.05, 0) is 44.2 Å². The van der Waals surface area contributed by atoms with Crippen LogP contribution in [0, 0.1) is 0 Å². The van der Waals surface area contributed by atoms with Gasteiger partial charge in [0, 0.05) is 30.4 Å². The molecule has 166 valence electrons. The van der Waals surface area contributed by atoms with Gasteiger partial charge in [0.2, 0.25) is 0 Å². The third-order valence-electron chi connectivity index (χ3n) is 4.78. The third-order valence-corrected chi connectivity index (χ3v) is 4.78. The largest absolute Gasteiger partial charge is 0.494 e. The van der Waals surface area contributed by atoms with E-state index in [1.807, 2.05) is 19.9 Å². The molecule has 0 spiro atoms. The lowest BCUT2D eigenvalue weighted by Gasteiger charge is -2.30. The molecule has 1 fully saturated rings. The summed E-state index contributed by atoms with van der Waals surface area (Å²) in [4.78, 5) is 27.4. The number of benzene rings is 2. The summed E-state index contributed by atoms with van der Waals surface area (Å²) in [7, 11) is 1.34. The summed E-state index contributed by atoms with van der Waals surface area (Å²) in [5.74, 6) is 0.306. The van der Waals surface area contributed by atoms with Crippen LogP contribution in [0.2, 0.25) is 0 Å². The van der Waals surface area contributed by atoms with Gasteiger partial charge in [0.05, 0.1) is 44.8 Å². The molecule has 1 heterocycles. The minimum atomic E-state index is -0.463. The Bertz CT molecular complexity index is 900. The molecule has 3 rings (SSSR count). The molecule has 0 bridgehead atoms. The summed E-state index contributed by atoms with van der Waals surface area (Å²) in [5.41, 5.74) is 2.03. The number of hydrogen-bond acceptors (Lipinski definition) is 7. The highest BCUT2D eigenvalue weighted by atomic mass is 16.5. The molecule has 1 amide bonds. The summed E-state index contributed by atoms with van der Waals surface area (Å²) >= 11 is 0. The molecule has 0 saturated carbocycles. The van der Waals surface area contributed by atoms with Crippen LogP contribution < -0.4 is 19.7 Å². The maximum absolute atomic E-state index is 12.9. The maximum Gasteiger partial charge on any atom is 0.340 e. The number of ether oxygens (including phenoxy) is 4. The standard InChI is InChI=1S/C23H28N2O6/c1-4-30-18-12-16(13-19(15-18)31-5-2)22(26)24-17-6-7-21(20(14-17)23(27)28-3)25-8-10-29-11-9-25/h6-7,12-15H,4-5,8-11H2,1-3H3,(H,24,26). The smallest absolute Gasteiger partial charge is 0.340 e. The van der Waals surface area contributed by atoms with Gasteiger partial charge in [-0.15, -0.1) is 0 Å². The molecule has 2 aromatic rings. The predicted octanol–water partition coefficient (Wildman–Crippen LogP) is 3.36. The molecular formula is C23H28N2O6. The molecule has 1 aliphatic rings. The summed E-state index contributed by atoms with van der Waals surface area (Å²) in [6.45, 7) is 7.24. The van der Waals surface area contributed by atoms with Crippen LogP contribution in [0.3, 0.4) is 0 Å². The van der Waals surface area contributed by atoms with Crippen LogP contribution in [0.25, 0.3) is 0 Å². The van der Waals surface area contributed by atoms with Crippen molar-refractivity contribution < 1.29 is 28.5 Å². The van der Waals surface area contributed by atoms with Gasteiger partial charge in [-0.1, -0.05) is 0 Å². The fourth-order valence-electron chi connectivity index (χ4n) is 3.37. The number of nitrogens with one attached hydrogen (secondary N) is 1. The number of hydrogen-bond donors (Lipinski definition) is 1. The topological polar surface area (TPSA) is 86.3 Å². The van der Waals surface area contributed by atoms with Crippen LogP contribution in [-0.4, -0.2) is 58.5 Å². The predicted molar refractivity (Wildman–Crippen MR) is 118 cm³/mol. The molecule has 1 aliphatic heterocycles. The zero-order chi connectivity index (χ0) is 22.2. The zero-order valence-corrected chi connectivity index (χ0v) is 18.1. The average molecular weight is 428 g/mol. The van der Waals surface area contributed by atoms with Gasteiger partial charge in [-0.25, -0.2) is 4.79 Å². The first-order valence-electron chi connectivity index (χ1n) is 10.3. The lowest BCUT2D eigenvalue weighted by Crippen LogP contribution is -2.37. The molecule has 0 aliphatic carbocycles. The van der Waals surface area contributed by atoms with Crippen molar-refractivity contribution in [2.75, 3.05) is 56.8 Å². The number of anilines is 2. The zero-order valence-electron chi connectivity index (χ0n) is 18.1. The van der Waals surface area contributed by atoms with Gasteiger partial charge in [0.15, 0.2) is 0 Å². The molecule has 0 aromatic heterocycles. The van der Waals surface area contributed by atoms with Crippen molar-refractivity contribution in [1.29, 1.82) is 0 Å². The van der Waals surface area contributed by atoms with Crippen LogP contribution >= 0.6 is 0 Å². The first-order valence-corrected chi connectivity index (χ1v) is 10.3. The molecule has 8 heteroatoms. The van der Waals surface area contributed by atoms with Crippen molar-refractivity contribution in [2.45, 2.75) is 13.8 Å². The number of esters is 1. The van der Waals surface area contributed by atoms with Crippen LogP contribution in [0.5, 0.6) is 11.5 Å². The molecule has 2 aromatic carbocycles. The summed E-state index contributed by atoms with van der Waals surface area (Å²) in [6.07, 6.45) is 0. The number of amides is 1. The highest BCUT2D eigenvalue weighted by Gasteiger charge is 2.21. The lowest BCUT2D eigenvalue weighted by molar-refractivity contribution is 0.0600. The molecule has 0 atom stereocenters. The quantitative estimate of drug-likeness (QED) is 0.645. The van der Waals surface area contributed by atoms with E-state index >= 15 is 0 Å². The van der Waals surface area contributed by atoms with Crippen LogP contribution in [0.4, 0.5) is 11.4 Å². The third kappa shape index (κ3) is 5.67. The van der Waals surface area contributed by atoms with Gasteiger partial charge < -0.3 is 29.2 Å². The SMILES string of the molecule is CCOc1cc(OCC)cc(C(=O)Nc2ccc(N3CCOCC3)c(C(=O)OC)c2)c1. The van der Waals surface area contributed by atoms with E-state index in [-0.39, 0.29) is 5.91 Å². The normalized spacial score (nSPS) is 13.5. The molecule has 0 radical (unpaired) electrons. The Morgan fingerprint density at radius 3 is 2.23 bits per heavy atom. The van der Waals surface area contributed by atoms with Gasteiger partial charge in [0.1, 0.15) is 11.5 Å². The number of rotatable bonds is 8. The highest BCUT2D eigenvalue weighted by molar-refractivity contribution is 6.06. The monoisotopic (exact) mass is 428 g/mol. The molecule has 0 unspecified atom stereocenters. The van der Waals surface area contributed by atoms with E-state index in [9.17, 15) is 9.59 Å². The van der Waals surface area contributed by atoms with Crippen molar-refractivity contribution in [3.63, 3.8) is 0 Å². The maximum atomic E-state index is 12.9. The summed E-state index contributed by atoms with van der Waals surface area (Å²) < 4.78 is 21.4. The van der Waals surface area contributed by atoms with Crippen molar-refractivity contribution in [1.82, 2.24) is 0 Å². The van der Waals surface area contributed by atoms with E-state index in [1.165, 1.54) is 7.11 Å². The number of methoxy groups -OCH3 is 1. The van der Waals surface area contributed by atoms with Crippen molar-refractivity contribution in [3.05, 3.63) is 47.5 Å². The van der Waals surface area contributed by atoms with Crippen LogP contribution in [0.15, 0.2) is 36.4 Å². The Morgan fingerprint density at radius 2 is 1.65 bits per heavy atom. The molecule has 31 heavy (non-hydrogen) atoms. The first-order chi connectivity index (χ1) is 15.0. The lowest BCUT2D eigenvalue weighted by atomic mass is 10.1. The highest BCUT2D eigenvalue weighted by Crippen LogP contribution is 2.28. The number of morpholine rings is 1. The van der Waals surface area contributed by atoms with Crippen LogP contribution in [-0.2, 0) is 9.47 Å². The van der Waals surface area contributed by atoms with Gasteiger partial charge in [0.25, 0.3) is 5.91 Å². The molecule has 1 N–H and O–H groups in total. The van der Waals surface area contributed by atoms with Crippen molar-refractivity contribution in [3.8, 4) is 11.5 Å². The Morgan fingerprint density at radius 1 is 1.00 bits per heavy atom. The van der Waals surface area contributed by atoms with Gasteiger partial charge in [-0.2, -0.15) is 0 Å². The summed E-state index contributed by atoms with van der Waals surface area (Å²) in [5, 5.41) is 2.85. The second-order valence-electron chi connectivity index (χ2n) is 6.84. The molecular weight excluding hydrogens is 400 g/mol. The van der Waals surface area contributed by atoms with E-state index in [0.29, 0.717) is 67.8 Å². The first kappa shape index (κ1) is 22.4. The van der Waals surface area contributed by atoms with E-state index in [0.717, 1.165) is 5.69 Å². The molecule has 1 saturated heterocycles. The van der Waals surface area contributed by atoms with E-state index in [4.69, 9.17) is 18.9 Å². The minimum absolute atomic E-state index is 0.336. The Kier molecular flexibility index (Phi) is 7.72. The van der Waals surface area contributed by atoms with Gasteiger partial charge in [-0.3, -0.25) is 4.79 Å². The summed E-state index contributed by atoms with van der Waals surface area (Å²) in [6, 6.07) is 10.3. The van der Waals surface area contributed by atoms with Gasteiger partial charge >= 0.3 is 5.97 Å². The van der Waals surface area contributed by atoms with E-state index < -0.39 is 5.97 Å².